The lowest BCUT2D eigenvalue weighted by Crippen LogP contribution is -2.12. The summed E-state index contributed by atoms with van der Waals surface area (Å²) in [6, 6.07) is 33.7. The Kier molecular flexibility index (Phi) is 5.79. The maximum atomic E-state index is 13.5. The minimum Gasteiger partial charge on any atom is -0.497 e. The van der Waals surface area contributed by atoms with E-state index in [0.717, 1.165) is 50.0 Å². The number of hydrogen-bond donors (Lipinski definition) is 2. The third-order valence-corrected chi connectivity index (χ3v) is 7.51. The number of nitrogen functional groups attached to an aromatic ring is 1. The second-order valence-corrected chi connectivity index (χ2v) is 9.65. The summed E-state index contributed by atoms with van der Waals surface area (Å²) in [5.41, 5.74) is 11.5. The minimum atomic E-state index is -0.251. The van der Waals surface area contributed by atoms with E-state index in [-0.39, 0.29) is 5.91 Å². The molecule has 0 saturated heterocycles. The molecule has 6 rings (SSSR count). The van der Waals surface area contributed by atoms with Crippen LogP contribution in [0.4, 0.5) is 11.4 Å². The average Bonchev–Trinajstić information content (AvgIpc) is 3.29. The number of fused-ring (bicyclic) bond motifs is 2. The second-order valence-electron chi connectivity index (χ2n) is 8.66. The lowest BCUT2D eigenvalue weighted by molar-refractivity contribution is 0.103. The summed E-state index contributed by atoms with van der Waals surface area (Å²) in [6.07, 6.45) is 0. The molecule has 2 aromatic heterocycles. The molecule has 6 heteroatoms. The Morgan fingerprint density at radius 1 is 0.865 bits per heavy atom. The third-order valence-electron chi connectivity index (χ3n) is 6.41. The number of carbonyl (C=O) groups is 1. The van der Waals surface area contributed by atoms with E-state index in [2.05, 4.69) is 5.32 Å². The van der Waals surface area contributed by atoms with Crippen LogP contribution in [0.15, 0.2) is 103 Å². The Morgan fingerprint density at radius 3 is 2.38 bits per heavy atom. The third kappa shape index (κ3) is 4.17. The number of carbonyl (C=O) groups excluding carboxylic acids is 1. The molecule has 0 fully saturated rings. The van der Waals surface area contributed by atoms with Crippen LogP contribution in [0.5, 0.6) is 5.75 Å². The van der Waals surface area contributed by atoms with Crippen molar-refractivity contribution in [3.63, 3.8) is 0 Å². The lowest BCUT2D eigenvalue weighted by Gasteiger charge is -2.10. The molecule has 0 spiro atoms. The molecule has 0 unspecified atom stereocenters. The first-order chi connectivity index (χ1) is 18.1. The number of aromatic nitrogens is 1. The molecular weight excluding hydrogens is 478 g/mol. The number of pyridine rings is 1. The molecule has 6 aromatic rings. The number of amides is 1. The van der Waals surface area contributed by atoms with Crippen LogP contribution in [0.3, 0.4) is 0 Å². The predicted octanol–water partition coefficient (Wildman–Crippen LogP) is 7.63. The van der Waals surface area contributed by atoms with Crippen LogP contribution in [0.25, 0.3) is 43.4 Å². The Bertz CT molecular complexity index is 1750. The molecule has 0 aliphatic heterocycles. The van der Waals surface area contributed by atoms with E-state index >= 15 is 0 Å². The number of hydrogen-bond acceptors (Lipinski definition) is 5. The monoisotopic (exact) mass is 501 g/mol. The van der Waals surface area contributed by atoms with E-state index in [1.54, 1.807) is 7.11 Å². The van der Waals surface area contributed by atoms with Crippen LogP contribution < -0.4 is 15.8 Å². The molecule has 0 atom stereocenters. The molecule has 4 aromatic carbocycles. The highest BCUT2D eigenvalue weighted by Gasteiger charge is 2.22. The van der Waals surface area contributed by atoms with Crippen molar-refractivity contribution in [1.29, 1.82) is 0 Å². The standard InChI is InChI=1S/C31H23N3O2S/c1-36-22-16-14-20(15-17-22)24-18-26(21-9-3-2-4-10-21)34-31-27(24)28(32)29(37-31)30(35)33-25-13-7-11-19-8-5-6-12-23(19)25/h2-18H,32H2,1H3,(H,33,35). The number of methoxy groups -OCH3 is 1. The lowest BCUT2D eigenvalue weighted by atomic mass is 9.99. The maximum absolute atomic E-state index is 13.5. The molecule has 1 amide bonds. The predicted molar refractivity (Wildman–Crippen MR) is 153 cm³/mol. The second kappa shape index (κ2) is 9.41. The molecular formula is C31H23N3O2S. The van der Waals surface area contributed by atoms with Crippen molar-refractivity contribution in [3.05, 3.63) is 108 Å². The first kappa shape index (κ1) is 22.8. The van der Waals surface area contributed by atoms with Crippen LogP contribution in [0, 0.1) is 0 Å². The number of anilines is 2. The fraction of sp³-hybridized carbons (Fsp3) is 0.0323. The fourth-order valence-electron chi connectivity index (χ4n) is 4.56. The van der Waals surface area contributed by atoms with Gasteiger partial charge in [-0.3, -0.25) is 4.79 Å². The van der Waals surface area contributed by atoms with Crippen LogP contribution >= 0.6 is 11.3 Å². The van der Waals surface area contributed by atoms with Crippen molar-refractivity contribution in [3.8, 4) is 28.1 Å². The highest BCUT2D eigenvalue weighted by atomic mass is 32.1. The Hall–Kier alpha value is -4.68. The molecule has 0 bridgehead atoms. The van der Waals surface area contributed by atoms with E-state index in [9.17, 15) is 4.79 Å². The van der Waals surface area contributed by atoms with Crippen LogP contribution in [0.2, 0.25) is 0 Å². The molecule has 3 N–H and O–H groups in total. The maximum Gasteiger partial charge on any atom is 0.267 e. The van der Waals surface area contributed by atoms with E-state index in [4.69, 9.17) is 15.5 Å². The summed E-state index contributed by atoms with van der Waals surface area (Å²) < 4.78 is 5.34. The first-order valence-corrected chi connectivity index (χ1v) is 12.7. The zero-order valence-corrected chi connectivity index (χ0v) is 20.9. The van der Waals surface area contributed by atoms with Gasteiger partial charge < -0.3 is 15.8 Å². The van der Waals surface area contributed by atoms with Crippen molar-refractivity contribution in [2.45, 2.75) is 0 Å². The highest BCUT2D eigenvalue weighted by molar-refractivity contribution is 7.21. The van der Waals surface area contributed by atoms with Crippen LogP contribution in [-0.2, 0) is 0 Å². The van der Waals surface area contributed by atoms with Gasteiger partial charge in [0.15, 0.2) is 0 Å². The van der Waals surface area contributed by atoms with Gasteiger partial charge in [0.05, 0.1) is 18.5 Å². The van der Waals surface area contributed by atoms with E-state index < -0.39 is 0 Å². The quantitative estimate of drug-likeness (QED) is 0.255. The van der Waals surface area contributed by atoms with Gasteiger partial charge in [-0.2, -0.15) is 0 Å². The number of nitrogens with zero attached hydrogens (tertiary/aromatic N) is 1. The van der Waals surface area contributed by atoms with Gasteiger partial charge in [-0.25, -0.2) is 4.98 Å². The average molecular weight is 502 g/mol. The number of rotatable bonds is 5. The summed E-state index contributed by atoms with van der Waals surface area (Å²) in [5.74, 6) is 0.518. The number of ether oxygens (including phenoxy) is 1. The molecule has 0 radical (unpaired) electrons. The van der Waals surface area contributed by atoms with E-state index in [0.29, 0.717) is 15.4 Å². The van der Waals surface area contributed by atoms with Gasteiger partial charge in [-0.15, -0.1) is 11.3 Å². The van der Waals surface area contributed by atoms with Crippen molar-refractivity contribution in [2.75, 3.05) is 18.2 Å². The molecule has 2 heterocycles. The van der Waals surface area contributed by atoms with Gasteiger partial charge in [-0.05, 0) is 40.8 Å². The summed E-state index contributed by atoms with van der Waals surface area (Å²) in [4.78, 5) is 19.6. The van der Waals surface area contributed by atoms with Crippen molar-refractivity contribution >= 4 is 49.6 Å². The van der Waals surface area contributed by atoms with Gasteiger partial charge in [0, 0.05) is 22.0 Å². The molecule has 0 aliphatic carbocycles. The normalized spacial score (nSPS) is 11.1. The zero-order chi connectivity index (χ0) is 25.4. The fourth-order valence-corrected chi connectivity index (χ4v) is 5.57. The van der Waals surface area contributed by atoms with Gasteiger partial charge in [-0.1, -0.05) is 78.9 Å². The van der Waals surface area contributed by atoms with Gasteiger partial charge >= 0.3 is 0 Å². The molecule has 37 heavy (non-hydrogen) atoms. The molecule has 5 nitrogen and oxygen atoms in total. The summed E-state index contributed by atoms with van der Waals surface area (Å²) in [6.45, 7) is 0. The van der Waals surface area contributed by atoms with E-state index in [1.165, 1.54) is 11.3 Å². The number of benzene rings is 4. The summed E-state index contributed by atoms with van der Waals surface area (Å²) in [5, 5.41) is 5.88. The molecule has 0 saturated carbocycles. The van der Waals surface area contributed by atoms with Crippen molar-refractivity contribution < 1.29 is 9.53 Å². The van der Waals surface area contributed by atoms with Crippen molar-refractivity contribution in [2.24, 2.45) is 0 Å². The Morgan fingerprint density at radius 2 is 1.59 bits per heavy atom. The number of nitrogens with two attached hydrogens (primary N) is 1. The van der Waals surface area contributed by atoms with E-state index in [1.807, 2.05) is 103 Å². The number of nitrogens with one attached hydrogen (secondary N) is 1. The zero-order valence-electron chi connectivity index (χ0n) is 20.1. The smallest absolute Gasteiger partial charge is 0.267 e. The van der Waals surface area contributed by atoms with Crippen molar-refractivity contribution in [1.82, 2.24) is 4.98 Å². The van der Waals surface area contributed by atoms with Gasteiger partial charge in [0.25, 0.3) is 5.91 Å². The molecule has 180 valence electrons. The topological polar surface area (TPSA) is 77.2 Å². The van der Waals surface area contributed by atoms with Crippen LogP contribution in [-0.4, -0.2) is 18.0 Å². The first-order valence-electron chi connectivity index (χ1n) is 11.8. The Balaban J connectivity index is 1.49. The Labute approximate surface area is 218 Å². The summed E-state index contributed by atoms with van der Waals surface area (Å²) >= 11 is 1.31. The highest BCUT2D eigenvalue weighted by Crippen LogP contribution is 2.42. The number of thiophene rings is 1. The minimum absolute atomic E-state index is 0.251. The molecule has 0 aliphatic rings. The largest absolute Gasteiger partial charge is 0.497 e. The van der Waals surface area contributed by atoms with Crippen LogP contribution in [0.1, 0.15) is 9.67 Å². The van der Waals surface area contributed by atoms with Gasteiger partial charge in [0.2, 0.25) is 0 Å². The SMILES string of the molecule is COc1ccc(-c2cc(-c3ccccc3)nc3sc(C(=O)Nc4cccc5ccccc45)c(N)c23)cc1. The summed E-state index contributed by atoms with van der Waals surface area (Å²) in [7, 11) is 1.64. The van der Waals surface area contributed by atoms with Gasteiger partial charge in [0.1, 0.15) is 15.5 Å².